The van der Waals surface area contributed by atoms with Gasteiger partial charge in [-0.2, -0.15) is 5.10 Å². The minimum absolute atomic E-state index is 0.239. The fraction of sp³-hybridized carbons (Fsp3) is 0.526. The lowest BCUT2D eigenvalue weighted by atomic mass is 9.96. The Morgan fingerprint density at radius 3 is 2.68 bits per heavy atom. The van der Waals surface area contributed by atoms with Crippen molar-refractivity contribution in [3.63, 3.8) is 0 Å². The number of aliphatic hydroxyl groups excluding tert-OH is 1. The minimum atomic E-state index is -0.243. The zero-order valence-electron chi connectivity index (χ0n) is 14.7. The molecule has 0 unspecified atom stereocenters. The van der Waals surface area contributed by atoms with Crippen LogP contribution in [0.4, 0.5) is 4.39 Å². The number of aromatic nitrogens is 2. The fourth-order valence-corrected chi connectivity index (χ4v) is 3.35. The van der Waals surface area contributed by atoms with E-state index in [2.05, 4.69) is 15.3 Å². The molecule has 3 rings (SSSR count). The molecule has 0 radical (unpaired) electrons. The summed E-state index contributed by atoms with van der Waals surface area (Å²) in [5, 5.41) is 17.3. The number of hydrogen-bond donors (Lipinski definition) is 2. The number of halogens is 1. The maximum absolute atomic E-state index is 13.0. The molecule has 2 aromatic rings. The Hall–Kier alpha value is -1.76. The van der Waals surface area contributed by atoms with Gasteiger partial charge in [0.2, 0.25) is 0 Å². The van der Waals surface area contributed by atoms with Gasteiger partial charge in [0.05, 0.1) is 18.0 Å². The summed E-state index contributed by atoms with van der Waals surface area (Å²) in [5.74, 6) is 0.453. The molecule has 1 fully saturated rings. The van der Waals surface area contributed by atoms with Crippen LogP contribution in [0.3, 0.4) is 0 Å². The lowest BCUT2D eigenvalue weighted by Crippen LogP contribution is -2.40. The van der Waals surface area contributed by atoms with Gasteiger partial charge in [0.25, 0.3) is 0 Å². The highest BCUT2D eigenvalue weighted by Gasteiger charge is 2.19. The maximum Gasteiger partial charge on any atom is 0.123 e. The molecule has 1 atom stereocenters. The van der Waals surface area contributed by atoms with E-state index in [-0.39, 0.29) is 11.9 Å². The lowest BCUT2D eigenvalue weighted by molar-refractivity contribution is 0.0998. The number of aliphatic hydroxyl groups is 1. The number of hydrogen-bond acceptors (Lipinski definition) is 4. The summed E-state index contributed by atoms with van der Waals surface area (Å²) in [6.45, 7) is 6.56. The summed E-state index contributed by atoms with van der Waals surface area (Å²) in [7, 11) is 0. The van der Waals surface area contributed by atoms with E-state index in [0.717, 1.165) is 44.0 Å². The van der Waals surface area contributed by atoms with Crippen LogP contribution in [-0.4, -0.2) is 52.1 Å². The Bertz CT molecular complexity index is 648. The Labute approximate surface area is 148 Å². The van der Waals surface area contributed by atoms with Crippen molar-refractivity contribution in [1.82, 2.24) is 20.0 Å². The molecule has 0 saturated carbocycles. The van der Waals surface area contributed by atoms with Crippen molar-refractivity contribution in [2.45, 2.75) is 32.4 Å². The monoisotopic (exact) mass is 346 g/mol. The Balaban J connectivity index is 1.41. The van der Waals surface area contributed by atoms with Crippen molar-refractivity contribution in [1.29, 1.82) is 0 Å². The topological polar surface area (TPSA) is 53.3 Å². The largest absolute Gasteiger partial charge is 0.392 e. The highest BCUT2D eigenvalue weighted by atomic mass is 19.1. The zero-order chi connectivity index (χ0) is 17.6. The molecule has 5 nitrogen and oxygen atoms in total. The predicted molar refractivity (Wildman–Crippen MR) is 96.1 cm³/mol. The molecule has 0 bridgehead atoms. The van der Waals surface area contributed by atoms with Gasteiger partial charge in [-0.3, -0.25) is 0 Å². The van der Waals surface area contributed by atoms with E-state index in [9.17, 15) is 9.50 Å². The van der Waals surface area contributed by atoms with Crippen LogP contribution in [0.2, 0.25) is 0 Å². The van der Waals surface area contributed by atoms with Crippen molar-refractivity contribution in [3.05, 3.63) is 48.0 Å². The van der Waals surface area contributed by atoms with Crippen LogP contribution in [0.15, 0.2) is 36.7 Å². The zero-order valence-corrected chi connectivity index (χ0v) is 14.7. The third kappa shape index (κ3) is 5.36. The van der Waals surface area contributed by atoms with Gasteiger partial charge in [0.15, 0.2) is 0 Å². The molecule has 2 N–H and O–H groups in total. The second-order valence-electron chi connectivity index (χ2n) is 6.99. The van der Waals surface area contributed by atoms with E-state index in [0.29, 0.717) is 5.92 Å². The predicted octanol–water partition coefficient (Wildman–Crippen LogP) is 2.19. The van der Waals surface area contributed by atoms with Crippen LogP contribution in [0.25, 0.3) is 5.69 Å². The van der Waals surface area contributed by atoms with Crippen molar-refractivity contribution < 1.29 is 9.50 Å². The molecule has 1 aliphatic rings. The van der Waals surface area contributed by atoms with Gasteiger partial charge in [-0.05, 0) is 69.6 Å². The summed E-state index contributed by atoms with van der Waals surface area (Å²) in [5.41, 5.74) is 1.98. The molecule has 1 aromatic carbocycles. The first kappa shape index (κ1) is 18.0. The molecule has 2 heterocycles. The number of benzene rings is 1. The Morgan fingerprint density at radius 1 is 1.28 bits per heavy atom. The summed E-state index contributed by atoms with van der Waals surface area (Å²) < 4.78 is 14.8. The average molecular weight is 346 g/mol. The van der Waals surface area contributed by atoms with Gasteiger partial charge in [0.1, 0.15) is 5.82 Å². The van der Waals surface area contributed by atoms with E-state index in [1.165, 1.54) is 25.0 Å². The first-order chi connectivity index (χ1) is 12.1. The highest BCUT2D eigenvalue weighted by molar-refractivity contribution is 5.31. The molecule has 1 aromatic heterocycles. The van der Waals surface area contributed by atoms with Crippen LogP contribution in [0, 0.1) is 11.7 Å². The maximum atomic E-state index is 13.0. The van der Waals surface area contributed by atoms with Crippen LogP contribution < -0.4 is 5.32 Å². The second-order valence-corrected chi connectivity index (χ2v) is 6.99. The fourth-order valence-electron chi connectivity index (χ4n) is 3.35. The van der Waals surface area contributed by atoms with E-state index >= 15 is 0 Å². The number of nitrogens with one attached hydrogen (secondary N) is 1. The van der Waals surface area contributed by atoms with E-state index in [4.69, 9.17) is 0 Å². The van der Waals surface area contributed by atoms with Crippen molar-refractivity contribution in [2.24, 2.45) is 5.92 Å². The first-order valence-corrected chi connectivity index (χ1v) is 9.01. The molecule has 6 heteroatoms. The number of β-amino-alcohol motifs (C(OH)–C–C–N with tert-alkyl or cyclic N) is 1. The Kier molecular flexibility index (Phi) is 6.18. The quantitative estimate of drug-likeness (QED) is 0.807. The molecule has 1 aliphatic heterocycles. The smallest absolute Gasteiger partial charge is 0.123 e. The molecular weight excluding hydrogens is 319 g/mol. The van der Waals surface area contributed by atoms with Gasteiger partial charge in [-0.25, -0.2) is 9.07 Å². The Morgan fingerprint density at radius 2 is 2.00 bits per heavy atom. The van der Waals surface area contributed by atoms with Crippen LogP contribution in [0.5, 0.6) is 0 Å². The third-order valence-electron chi connectivity index (χ3n) is 4.72. The number of piperidine rings is 1. The molecule has 1 saturated heterocycles. The van der Waals surface area contributed by atoms with Gasteiger partial charge in [-0.1, -0.05) is 0 Å². The number of rotatable bonds is 7. The van der Waals surface area contributed by atoms with Crippen molar-refractivity contribution >= 4 is 0 Å². The number of nitrogens with zero attached hydrogens (tertiary/aromatic N) is 3. The summed E-state index contributed by atoms with van der Waals surface area (Å²) >= 11 is 0. The summed E-state index contributed by atoms with van der Waals surface area (Å²) in [6, 6.07) is 6.33. The average Bonchev–Trinajstić information content (AvgIpc) is 3.05. The molecular formula is C19H27FN4O. The standard InChI is InChI=1S/C19H27FN4O/c1-15(25)13-23-8-6-16(7-9-23)10-21-11-17-12-22-24(14-17)19-4-2-18(20)3-5-19/h2-5,12,14-16,21,25H,6-11,13H2,1H3/t15-/m0/s1. The molecule has 25 heavy (non-hydrogen) atoms. The lowest BCUT2D eigenvalue weighted by Gasteiger charge is -2.32. The van der Waals surface area contributed by atoms with E-state index < -0.39 is 0 Å². The highest BCUT2D eigenvalue weighted by Crippen LogP contribution is 2.17. The van der Waals surface area contributed by atoms with E-state index in [1.807, 2.05) is 19.3 Å². The molecule has 0 aliphatic carbocycles. The van der Waals surface area contributed by atoms with Crippen LogP contribution >= 0.6 is 0 Å². The normalized spacial score (nSPS) is 17.7. The van der Waals surface area contributed by atoms with Gasteiger partial charge >= 0.3 is 0 Å². The van der Waals surface area contributed by atoms with Gasteiger partial charge < -0.3 is 15.3 Å². The van der Waals surface area contributed by atoms with Crippen molar-refractivity contribution in [2.75, 3.05) is 26.2 Å². The molecule has 0 amide bonds. The van der Waals surface area contributed by atoms with Gasteiger partial charge in [0, 0.05) is 24.8 Å². The van der Waals surface area contributed by atoms with E-state index in [1.54, 1.807) is 16.8 Å². The SMILES string of the molecule is C[C@H](O)CN1CCC(CNCc2cnn(-c3ccc(F)cc3)c2)CC1. The minimum Gasteiger partial charge on any atom is -0.392 e. The molecule has 0 spiro atoms. The number of likely N-dealkylation sites (tertiary alicyclic amines) is 1. The van der Waals surface area contributed by atoms with Crippen LogP contribution in [0.1, 0.15) is 25.3 Å². The third-order valence-corrected chi connectivity index (χ3v) is 4.72. The van der Waals surface area contributed by atoms with Gasteiger partial charge in [-0.15, -0.1) is 0 Å². The first-order valence-electron chi connectivity index (χ1n) is 9.01. The summed E-state index contributed by atoms with van der Waals surface area (Å²) in [6.07, 6.45) is 5.93. The van der Waals surface area contributed by atoms with Crippen molar-refractivity contribution in [3.8, 4) is 5.69 Å². The second kappa shape index (κ2) is 8.56. The summed E-state index contributed by atoms with van der Waals surface area (Å²) in [4.78, 5) is 2.34. The molecule has 136 valence electrons. The van der Waals surface area contributed by atoms with Crippen LogP contribution in [-0.2, 0) is 6.54 Å².